The van der Waals surface area contributed by atoms with Crippen molar-refractivity contribution < 1.29 is 9.53 Å². The summed E-state index contributed by atoms with van der Waals surface area (Å²) in [5, 5.41) is -0.403. The zero-order chi connectivity index (χ0) is 13.1. The van der Waals surface area contributed by atoms with Crippen LogP contribution in [-0.4, -0.2) is 18.4 Å². The predicted octanol–water partition coefficient (Wildman–Crippen LogP) is 2.74. The van der Waals surface area contributed by atoms with Crippen molar-refractivity contribution in [1.82, 2.24) is 0 Å². The van der Waals surface area contributed by atoms with E-state index in [1.54, 1.807) is 0 Å². The molecule has 17 heavy (non-hydrogen) atoms. The van der Waals surface area contributed by atoms with Crippen LogP contribution >= 0.6 is 11.6 Å². The van der Waals surface area contributed by atoms with Crippen molar-refractivity contribution >= 4 is 16.8 Å². The van der Waals surface area contributed by atoms with Crippen molar-refractivity contribution in [3.05, 3.63) is 42.0 Å². The summed E-state index contributed by atoms with van der Waals surface area (Å²) in [5.74, 6) is 0.882. The van der Waals surface area contributed by atoms with Crippen LogP contribution in [0.1, 0.15) is 13.8 Å². The number of para-hydroxylation sites is 1. The number of carbonyl (C=O) groups is 1. The third-order valence-electron chi connectivity index (χ3n) is 1.53. The quantitative estimate of drug-likeness (QED) is 0.665. The summed E-state index contributed by atoms with van der Waals surface area (Å²) in [6.07, 6.45) is 1.38. The summed E-state index contributed by atoms with van der Waals surface area (Å²) in [7, 11) is 0. The molecule has 0 aromatic heterocycles. The average molecular weight is 256 g/mol. The van der Waals surface area contributed by atoms with Crippen molar-refractivity contribution in [1.29, 1.82) is 0 Å². The fourth-order valence-corrected chi connectivity index (χ4v) is 1.14. The Morgan fingerprint density at radius 2 is 1.94 bits per heavy atom. The topological polar surface area (TPSA) is 52.3 Å². The molecule has 0 aliphatic rings. The van der Waals surface area contributed by atoms with Gasteiger partial charge in [-0.15, -0.1) is 0 Å². The lowest BCUT2D eigenvalue weighted by atomic mass is 10.3. The van der Waals surface area contributed by atoms with E-state index < -0.39 is 5.24 Å². The van der Waals surface area contributed by atoms with Gasteiger partial charge in [-0.25, -0.2) is 0 Å². The first kappa shape index (κ1) is 15.7. The molecule has 0 saturated carbocycles. The molecule has 0 unspecified atom stereocenters. The highest BCUT2D eigenvalue weighted by molar-refractivity contribution is 6.66. The van der Waals surface area contributed by atoms with Gasteiger partial charge in [0.1, 0.15) is 12.4 Å². The van der Waals surface area contributed by atoms with Gasteiger partial charge in [0.2, 0.25) is 5.24 Å². The van der Waals surface area contributed by atoms with Crippen molar-refractivity contribution in [3.8, 4) is 5.75 Å². The number of benzene rings is 1. The first-order valence-corrected chi connectivity index (χ1v) is 5.66. The molecule has 1 rings (SSSR count). The molecule has 0 amide bonds. The van der Waals surface area contributed by atoms with Gasteiger partial charge in [-0.3, -0.25) is 4.79 Å². The smallest absolute Gasteiger partial charge is 0.245 e. The number of allylic oxidation sites excluding steroid dienone is 2. The number of halogens is 1. The van der Waals surface area contributed by atoms with Gasteiger partial charge in [0, 0.05) is 6.54 Å². The molecule has 0 aliphatic heterocycles. The number of hydrogen-bond acceptors (Lipinski definition) is 3. The Labute approximate surface area is 107 Å². The lowest BCUT2D eigenvalue weighted by molar-refractivity contribution is -0.107. The van der Waals surface area contributed by atoms with Crippen LogP contribution in [0.15, 0.2) is 42.0 Å². The number of carbonyl (C=O) groups excluding carboxylic acids is 1. The van der Waals surface area contributed by atoms with Crippen LogP contribution < -0.4 is 10.5 Å². The summed E-state index contributed by atoms with van der Waals surface area (Å²) in [6.45, 7) is 4.79. The summed E-state index contributed by atoms with van der Waals surface area (Å²) in [5.41, 5.74) is 6.18. The number of nitrogens with two attached hydrogens (primary N) is 1. The normalized spacial score (nSPS) is 8.71. The SMILES string of the molecule is CC(C)=CC(=O)Cl.NCCOc1ccccc1. The Morgan fingerprint density at radius 1 is 1.35 bits per heavy atom. The molecule has 2 N–H and O–H groups in total. The van der Waals surface area contributed by atoms with Crippen LogP contribution in [0.2, 0.25) is 0 Å². The predicted molar refractivity (Wildman–Crippen MR) is 71.3 cm³/mol. The molecule has 0 aliphatic carbocycles. The number of rotatable bonds is 4. The van der Waals surface area contributed by atoms with E-state index in [-0.39, 0.29) is 0 Å². The summed E-state index contributed by atoms with van der Waals surface area (Å²) in [4.78, 5) is 9.94. The fraction of sp³-hybridized carbons (Fsp3) is 0.308. The molecule has 0 heterocycles. The van der Waals surface area contributed by atoms with Gasteiger partial charge >= 0.3 is 0 Å². The maximum Gasteiger partial charge on any atom is 0.245 e. The largest absolute Gasteiger partial charge is 0.492 e. The molecule has 0 bridgehead atoms. The Morgan fingerprint density at radius 3 is 2.29 bits per heavy atom. The van der Waals surface area contributed by atoms with E-state index in [0.29, 0.717) is 13.2 Å². The van der Waals surface area contributed by atoms with Crippen LogP contribution in [-0.2, 0) is 4.79 Å². The van der Waals surface area contributed by atoms with Gasteiger partial charge in [-0.2, -0.15) is 0 Å². The molecule has 1 aromatic rings. The van der Waals surface area contributed by atoms with Crippen LogP contribution in [0, 0.1) is 0 Å². The summed E-state index contributed by atoms with van der Waals surface area (Å²) < 4.78 is 5.23. The van der Waals surface area contributed by atoms with E-state index >= 15 is 0 Å². The number of hydrogen-bond donors (Lipinski definition) is 1. The molecule has 1 aromatic carbocycles. The van der Waals surface area contributed by atoms with Crippen LogP contribution in [0.5, 0.6) is 5.75 Å². The monoisotopic (exact) mass is 255 g/mol. The second-order valence-electron chi connectivity index (χ2n) is 3.48. The minimum Gasteiger partial charge on any atom is -0.492 e. The van der Waals surface area contributed by atoms with Crippen molar-refractivity contribution in [3.63, 3.8) is 0 Å². The molecule has 0 radical (unpaired) electrons. The van der Waals surface area contributed by atoms with Gasteiger partial charge in [0.05, 0.1) is 0 Å². The summed E-state index contributed by atoms with van der Waals surface area (Å²) >= 11 is 4.96. The van der Waals surface area contributed by atoms with Crippen LogP contribution in [0.3, 0.4) is 0 Å². The highest BCUT2D eigenvalue weighted by Gasteiger charge is 1.86. The second-order valence-corrected chi connectivity index (χ2v) is 3.85. The molecule has 4 heteroatoms. The van der Waals surface area contributed by atoms with Crippen LogP contribution in [0.25, 0.3) is 0 Å². The van der Waals surface area contributed by atoms with E-state index in [1.807, 2.05) is 44.2 Å². The Balaban J connectivity index is 0.000000325. The first-order valence-electron chi connectivity index (χ1n) is 5.28. The third-order valence-corrected chi connectivity index (χ3v) is 1.64. The molecule has 0 fully saturated rings. The molecule has 0 spiro atoms. The highest BCUT2D eigenvalue weighted by atomic mass is 35.5. The maximum atomic E-state index is 9.94. The van der Waals surface area contributed by atoms with Gasteiger partial charge in [0.15, 0.2) is 0 Å². The Bertz CT molecular complexity index is 346. The van der Waals surface area contributed by atoms with Gasteiger partial charge in [-0.1, -0.05) is 23.8 Å². The minimum absolute atomic E-state index is 0.403. The van der Waals surface area contributed by atoms with Gasteiger partial charge in [0.25, 0.3) is 0 Å². The third kappa shape index (κ3) is 11.0. The molecule has 0 saturated heterocycles. The van der Waals surface area contributed by atoms with E-state index in [1.165, 1.54) is 6.08 Å². The number of ether oxygens (including phenoxy) is 1. The average Bonchev–Trinajstić information content (AvgIpc) is 2.27. The highest BCUT2D eigenvalue weighted by Crippen LogP contribution is 2.06. The molecular weight excluding hydrogens is 238 g/mol. The van der Waals surface area contributed by atoms with Crippen LogP contribution in [0.4, 0.5) is 0 Å². The standard InChI is InChI=1S/C8H11NO.C5H7ClO/c9-6-7-10-8-4-2-1-3-5-8;1-4(2)3-5(6)7/h1-5H,6-7,9H2;3H,1-2H3. The molecule has 3 nitrogen and oxygen atoms in total. The minimum atomic E-state index is -0.403. The van der Waals surface area contributed by atoms with Crippen molar-refractivity contribution in [2.24, 2.45) is 5.73 Å². The fourth-order valence-electron chi connectivity index (χ4n) is 0.920. The summed E-state index contributed by atoms with van der Waals surface area (Å²) in [6, 6.07) is 9.65. The second kappa shape index (κ2) is 9.87. The van der Waals surface area contributed by atoms with E-state index in [0.717, 1.165) is 11.3 Å². The first-order chi connectivity index (χ1) is 8.06. The lowest BCUT2D eigenvalue weighted by Gasteiger charge is -2.01. The Hall–Kier alpha value is -1.32. The maximum absolute atomic E-state index is 9.94. The molecule has 94 valence electrons. The zero-order valence-corrected chi connectivity index (χ0v) is 10.9. The molecule has 0 atom stereocenters. The van der Waals surface area contributed by atoms with E-state index in [9.17, 15) is 4.79 Å². The zero-order valence-electron chi connectivity index (χ0n) is 10.2. The van der Waals surface area contributed by atoms with E-state index in [4.69, 9.17) is 22.1 Å². The van der Waals surface area contributed by atoms with Crippen molar-refractivity contribution in [2.75, 3.05) is 13.2 Å². The lowest BCUT2D eigenvalue weighted by Crippen LogP contribution is -2.10. The molecular formula is C13H18ClNO2. The van der Waals surface area contributed by atoms with Gasteiger partial charge in [-0.05, 0) is 43.7 Å². The van der Waals surface area contributed by atoms with Crippen molar-refractivity contribution in [2.45, 2.75) is 13.8 Å². The van der Waals surface area contributed by atoms with E-state index in [2.05, 4.69) is 0 Å². The van der Waals surface area contributed by atoms with Gasteiger partial charge < -0.3 is 10.5 Å². The Kier molecular flexibility index (Phi) is 9.11.